The molecule has 2 aromatic carbocycles. The molecule has 0 amide bonds. The predicted octanol–water partition coefficient (Wildman–Crippen LogP) is 7.41. The van der Waals surface area contributed by atoms with Crippen molar-refractivity contribution in [3.8, 4) is 11.5 Å². The molecule has 4 aromatic heterocycles. The topological polar surface area (TPSA) is 133 Å². The highest BCUT2D eigenvalue weighted by molar-refractivity contribution is 7.17. The third kappa shape index (κ3) is 8.16. The molecule has 0 fully saturated rings. The van der Waals surface area contributed by atoms with E-state index in [-0.39, 0.29) is 11.5 Å². The minimum absolute atomic E-state index is 0.157. The number of Topliss-reactive ketones (excluding diaryl/α,β-unsaturated/α-hetero) is 1. The van der Waals surface area contributed by atoms with Gasteiger partial charge in [-0.3, -0.25) is 13.6 Å². The fourth-order valence-electron chi connectivity index (χ4n) is 5.86. The van der Waals surface area contributed by atoms with Crippen molar-refractivity contribution in [3.63, 3.8) is 0 Å². The molecule has 0 radical (unpaired) electrons. The Labute approximate surface area is 298 Å². The maximum atomic E-state index is 12.7. The number of rotatable bonds is 6. The van der Waals surface area contributed by atoms with Crippen LogP contribution >= 0.6 is 34.3 Å². The van der Waals surface area contributed by atoms with Crippen LogP contribution in [0.4, 0.5) is 0 Å². The number of fused-ring (bicyclic) bond motifs is 4. The summed E-state index contributed by atoms with van der Waals surface area (Å²) in [5.41, 5.74) is 12.8. The van der Waals surface area contributed by atoms with E-state index >= 15 is 0 Å². The Morgan fingerprint density at radius 2 is 1.31 bits per heavy atom. The minimum atomic E-state index is -0.928. The van der Waals surface area contributed by atoms with Crippen LogP contribution in [0.25, 0.3) is 9.92 Å². The van der Waals surface area contributed by atoms with Gasteiger partial charge in [-0.05, 0) is 68.5 Å². The first-order valence-corrected chi connectivity index (χ1v) is 18.2. The average Bonchev–Trinajstić information content (AvgIpc) is 3.93. The lowest BCUT2D eigenvalue weighted by atomic mass is 10.0. The van der Waals surface area contributed by atoms with Crippen molar-refractivity contribution >= 4 is 55.9 Å². The van der Waals surface area contributed by atoms with Crippen molar-refractivity contribution in [2.75, 3.05) is 19.6 Å². The highest BCUT2D eigenvalue weighted by Crippen LogP contribution is 2.28. The molecule has 2 aliphatic rings. The number of benzene rings is 2. The maximum Gasteiger partial charge on any atom is 0.354 e. The number of carboxylic acid groups (broad SMARTS) is 1. The number of carboxylic acids is 1. The third-order valence-electron chi connectivity index (χ3n) is 8.08. The van der Waals surface area contributed by atoms with Gasteiger partial charge in [0.15, 0.2) is 21.4 Å². The predicted molar refractivity (Wildman–Crippen MR) is 196 cm³/mol. The first-order valence-electron chi connectivity index (χ1n) is 15.8. The quantitative estimate of drug-likeness (QED) is 0.134. The first-order chi connectivity index (χ1) is 23.6. The van der Waals surface area contributed by atoms with Crippen molar-refractivity contribution in [1.29, 1.82) is 0 Å². The highest BCUT2D eigenvalue weighted by atomic mass is 35.5. The number of carbonyl (C=O) groups is 2. The van der Waals surface area contributed by atoms with Gasteiger partial charge in [-0.2, -0.15) is 0 Å². The number of nitrogens with two attached hydrogens (primary N) is 1. The second-order valence-electron chi connectivity index (χ2n) is 11.6. The van der Waals surface area contributed by atoms with Gasteiger partial charge in [0.1, 0.15) is 17.2 Å². The van der Waals surface area contributed by atoms with Crippen molar-refractivity contribution in [2.24, 2.45) is 5.73 Å². The van der Waals surface area contributed by atoms with E-state index in [1.165, 1.54) is 44.9 Å². The number of aryl methyl sites for hydroxylation is 5. The Hall–Kier alpha value is -4.23. The Morgan fingerprint density at radius 1 is 0.816 bits per heavy atom. The Bertz CT molecular complexity index is 2110. The molecular weight excluding hydrogens is 682 g/mol. The summed E-state index contributed by atoms with van der Waals surface area (Å²) < 4.78 is 14.4. The van der Waals surface area contributed by atoms with E-state index in [1.54, 1.807) is 28.9 Å². The summed E-state index contributed by atoms with van der Waals surface area (Å²) in [7, 11) is 0. The molecule has 0 bridgehead atoms. The molecule has 0 unspecified atom stereocenters. The van der Waals surface area contributed by atoms with E-state index in [9.17, 15) is 9.59 Å². The maximum absolute atomic E-state index is 12.7. The molecule has 3 N–H and O–H groups in total. The lowest BCUT2D eigenvalue weighted by molar-refractivity contribution is 0.0688. The number of alkyl halides is 1. The van der Waals surface area contributed by atoms with Gasteiger partial charge in [-0.25, -0.2) is 14.8 Å². The fraction of sp³-hybridized carbons (Fsp3) is 0.333. The van der Waals surface area contributed by atoms with Crippen LogP contribution in [-0.2, 0) is 25.8 Å². The highest BCUT2D eigenvalue weighted by Gasteiger charge is 2.19. The van der Waals surface area contributed by atoms with Crippen LogP contribution < -0.4 is 15.2 Å². The van der Waals surface area contributed by atoms with Gasteiger partial charge in [0, 0.05) is 54.3 Å². The lowest BCUT2D eigenvalue weighted by Gasteiger charge is -2.04. The number of hydrogen-bond acceptors (Lipinski definition) is 9. The number of imidazole rings is 2. The van der Waals surface area contributed by atoms with E-state index in [0.29, 0.717) is 18.7 Å². The minimum Gasteiger partial charge on any atom is -0.493 e. The van der Waals surface area contributed by atoms with Crippen molar-refractivity contribution in [2.45, 2.75) is 59.9 Å². The number of halogens is 1. The van der Waals surface area contributed by atoms with Gasteiger partial charge in [-0.1, -0.05) is 24.3 Å². The molecule has 258 valence electrons. The molecular formula is C36H40ClN5O5S2. The fourth-order valence-corrected chi connectivity index (χ4v) is 7.60. The summed E-state index contributed by atoms with van der Waals surface area (Å²) in [6.07, 6.45) is 8.52. The number of aromatic nitrogens is 4. The molecule has 13 heteroatoms. The van der Waals surface area contributed by atoms with Gasteiger partial charge < -0.3 is 20.3 Å². The zero-order valence-corrected chi connectivity index (χ0v) is 30.6. The number of carbonyl (C=O) groups excluding carboxylic acids is 1. The van der Waals surface area contributed by atoms with Crippen LogP contribution in [0.3, 0.4) is 0 Å². The average molecular weight is 722 g/mol. The lowest BCUT2D eigenvalue weighted by Crippen LogP contribution is -2.06. The molecule has 0 saturated heterocycles. The molecule has 8 rings (SSSR count). The molecule has 6 heterocycles. The summed E-state index contributed by atoms with van der Waals surface area (Å²) in [6, 6.07) is 12.4. The number of hydrogen-bond donors (Lipinski definition) is 2. The van der Waals surface area contributed by atoms with Gasteiger partial charge in [0.2, 0.25) is 0 Å². The van der Waals surface area contributed by atoms with E-state index in [4.69, 9.17) is 20.3 Å². The number of aromatic carboxylic acids is 1. The number of ether oxygens (including phenoxy) is 2. The van der Waals surface area contributed by atoms with Gasteiger partial charge in [0.25, 0.3) is 0 Å². The zero-order valence-electron chi connectivity index (χ0n) is 28.2. The van der Waals surface area contributed by atoms with Gasteiger partial charge >= 0.3 is 5.97 Å². The summed E-state index contributed by atoms with van der Waals surface area (Å²) in [4.78, 5) is 36.1. The summed E-state index contributed by atoms with van der Waals surface area (Å²) in [5, 5.41) is 8.91. The number of thiazole rings is 2. The molecule has 10 nitrogen and oxygen atoms in total. The van der Waals surface area contributed by atoms with Crippen LogP contribution in [0, 0.1) is 27.7 Å². The Balaban J connectivity index is 0.000000152. The summed E-state index contributed by atoms with van der Waals surface area (Å²) >= 11 is 7.75. The number of ketones is 1. The molecule has 49 heavy (non-hydrogen) atoms. The van der Waals surface area contributed by atoms with E-state index in [2.05, 4.69) is 39.8 Å². The van der Waals surface area contributed by atoms with Gasteiger partial charge in [-0.15, -0.1) is 34.3 Å². The Morgan fingerprint density at radius 3 is 1.84 bits per heavy atom. The molecule has 0 atom stereocenters. The second-order valence-corrected chi connectivity index (χ2v) is 14.0. The second kappa shape index (κ2) is 16.0. The monoisotopic (exact) mass is 721 g/mol. The van der Waals surface area contributed by atoms with Crippen LogP contribution in [0.15, 0.2) is 48.8 Å². The summed E-state index contributed by atoms with van der Waals surface area (Å²) in [5.74, 6) is 1.25. The largest absolute Gasteiger partial charge is 0.493 e. The first kappa shape index (κ1) is 36.1. The smallest absolute Gasteiger partial charge is 0.354 e. The van der Waals surface area contributed by atoms with Gasteiger partial charge in [0.05, 0.1) is 24.6 Å². The molecule has 6 aromatic rings. The van der Waals surface area contributed by atoms with Crippen molar-refractivity contribution < 1.29 is 24.2 Å². The third-order valence-corrected chi connectivity index (χ3v) is 9.88. The van der Waals surface area contributed by atoms with Crippen LogP contribution in [-0.4, -0.2) is 55.2 Å². The normalized spacial score (nSPS) is 12.5. The van der Waals surface area contributed by atoms with Crippen molar-refractivity contribution in [1.82, 2.24) is 18.8 Å². The number of nitrogens with zero attached hydrogens (tertiary/aromatic N) is 4. The van der Waals surface area contributed by atoms with Crippen molar-refractivity contribution in [3.05, 3.63) is 104 Å². The molecule has 0 aliphatic carbocycles. The zero-order chi connectivity index (χ0) is 35.2. The molecule has 0 saturated carbocycles. The van der Waals surface area contributed by atoms with E-state index < -0.39 is 5.97 Å². The standard InChI is InChI=1S/C18H18N2O2S.C9H11NO.C8H8N2O2S.CH3Cl/c1-11-10-20-17(12(2)19-18(20)23-11)15(21)5-3-13-4-6-16-14(9-13)7-8-22-16;10-6-7-1-2-9-8(5-7)3-4-11-9;1-4-3-10-6(7(11)12)5(2)9-8(10)13-4;1-2/h4,6,9-10H,3,5,7-8H2,1-2H3;1-2,5H,3-4,6,10H2;3H,1-2H3,(H,11,12);1H3. The van der Waals surface area contributed by atoms with E-state index in [1.807, 2.05) is 49.6 Å². The van der Waals surface area contributed by atoms with Crippen LogP contribution in [0.1, 0.15) is 70.8 Å². The van der Waals surface area contributed by atoms with Crippen LogP contribution in [0.5, 0.6) is 11.5 Å². The van der Waals surface area contributed by atoms with Crippen LogP contribution in [0.2, 0.25) is 0 Å². The summed E-state index contributed by atoms with van der Waals surface area (Å²) in [6.45, 7) is 9.79. The SMILES string of the molecule is CCl.Cc1cn2c(C(=O)CCc3ccc4c(c3)CCO4)c(C)nc2s1.Cc1cn2c(C(=O)O)c(C)nc2s1.NCc1ccc2c(c1)CCO2. The molecule has 0 spiro atoms. The molecule has 2 aliphatic heterocycles. The van der Waals surface area contributed by atoms with E-state index in [0.717, 1.165) is 70.2 Å². The Kier molecular flexibility index (Phi) is 11.8.